The summed E-state index contributed by atoms with van der Waals surface area (Å²) >= 11 is 0. The molecule has 0 radical (unpaired) electrons. The average molecular weight is 352 g/mol. The first-order chi connectivity index (χ1) is 13.7. The zero-order valence-electron chi connectivity index (χ0n) is 14.4. The smallest absolute Gasteiger partial charge is 0.0998 e. The molecule has 0 unspecified atom stereocenters. The molecule has 5 aromatic carbocycles. The van der Waals surface area contributed by atoms with E-state index in [1.807, 2.05) is 24.3 Å². The molecule has 0 aromatic heterocycles. The van der Waals surface area contributed by atoms with E-state index in [2.05, 4.69) is 24.3 Å². The average Bonchev–Trinajstić information content (AvgIpc) is 2.76. The van der Waals surface area contributed by atoms with Gasteiger partial charge in [0.05, 0.1) is 46.5 Å². The first-order valence-electron chi connectivity index (χ1n) is 8.54. The van der Waals surface area contributed by atoms with Crippen LogP contribution < -0.4 is 0 Å². The second kappa shape index (κ2) is 5.43. The Balaban J connectivity index is 2.23. The molecule has 5 aromatic rings. The number of benzene rings is 5. The van der Waals surface area contributed by atoms with Crippen molar-refractivity contribution in [1.29, 1.82) is 21.0 Å². The minimum absolute atomic E-state index is 0.458. The van der Waals surface area contributed by atoms with Crippen LogP contribution in [0.2, 0.25) is 0 Å². The summed E-state index contributed by atoms with van der Waals surface area (Å²) in [6.45, 7) is 0. The minimum atomic E-state index is 0.458. The molecule has 4 heteroatoms. The number of hydrogen-bond donors (Lipinski definition) is 0. The van der Waals surface area contributed by atoms with Gasteiger partial charge in [-0.05, 0) is 45.8 Å². The minimum Gasteiger partial charge on any atom is -0.192 e. The van der Waals surface area contributed by atoms with E-state index in [4.69, 9.17) is 0 Å². The molecule has 0 N–H and O–H groups in total. The van der Waals surface area contributed by atoms with Crippen molar-refractivity contribution in [2.75, 3.05) is 0 Å². The van der Waals surface area contributed by atoms with Crippen LogP contribution in [0.1, 0.15) is 22.3 Å². The van der Waals surface area contributed by atoms with Gasteiger partial charge >= 0.3 is 0 Å². The molecule has 0 aliphatic rings. The zero-order valence-corrected chi connectivity index (χ0v) is 14.4. The van der Waals surface area contributed by atoms with Gasteiger partial charge in [-0.1, -0.05) is 24.3 Å². The summed E-state index contributed by atoms with van der Waals surface area (Å²) in [6.07, 6.45) is 0. The van der Waals surface area contributed by atoms with Crippen molar-refractivity contribution in [2.45, 2.75) is 0 Å². The first-order valence-corrected chi connectivity index (χ1v) is 8.54. The first kappa shape index (κ1) is 15.6. The fourth-order valence-corrected chi connectivity index (χ4v) is 4.26. The predicted molar refractivity (Wildman–Crippen MR) is 107 cm³/mol. The highest BCUT2D eigenvalue weighted by molar-refractivity contribution is 6.34. The van der Waals surface area contributed by atoms with E-state index >= 15 is 0 Å². The van der Waals surface area contributed by atoms with Gasteiger partial charge in [-0.25, -0.2) is 0 Å². The molecule has 0 bridgehead atoms. The maximum atomic E-state index is 9.58. The number of hydrogen-bond acceptors (Lipinski definition) is 4. The van der Waals surface area contributed by atoms with E-state index in [1.165, 1.54) is 0 Å². The highest BCUT2D eigenvalue weighted by atomic mass is 14.3. The number of nitriles is 4. The van der Waals surface area contributed by atoms with Crippen molar-refractivity contribution in [2.24, 2.45) is 0 Å². The van der Waals surface area contributed by atoms with Crippen molar-refractivity contribution in [1.82, 2.24) is 0 Å². The Morgan fingerprint density at radius 3 is 0.821 bits per heavy atom. The Morgan fingerprint density at radius 1 is 0.357 bits per heavy atom. The molecule has 0 spiro atoms. The number of nitrogens with zero attached hydrogens (tertiary/aromatic N) is 4. The molecule has 0 atom stereocenters. The van der Waals surface area contributed by atoms with Crippen molar-refractivity contribution in [3.05, 3.63) is 70.8 Å². The molecule has 124 valence electrons. The predicted octanol–water partition coefficient (Wildman–Crippen LogP) is 5.22. The molecule has 0 amide bonds. The topological polar surface area (TPSA) is 95.2 Å². The van der Waals surface area contributed by atoms with Crippen molar-refractivity contribution >= 4 is 43.1 Å². The summed E-state index contributed by atoms with van der Waals surface area (Å²) in [5.41, 5.74) is 1.83. The second-order valence-corrected chi connectivity index (χ2v) is 6.59. The van der Waals surface area contributed by atoms with Gasteiger partial charge < -0.3 is 0 Å². The maximum absolute atomic E-state index is 9.58. The van der Waals surface area contributed by atoms with Crippen LogP contribution in [0.15, 0.2) is 48.5 Å². The van der Waals surface area contributed by atoms with Gasteiger partial charge in [0.1, 0.15) is 0 Å². The Hall–Kier alpha value is -4.64. The van der Waals surface area contributed by atoms with Gasteiger partial charge in [-0.15, -0.1) is 0 Å². The van der Waals surface area contributed by atoms with E-state index in [-0.39, 0.29) is 0 Å². The fourth-order valence-electron chi connectivity index (χ4n) is 4.26. The van der Waals surface area contributed by atoms with E-state index in [0.717, 1.165) is 32.3 Å². The lowest BCUT2D eigenvalue weighted by Gasteiger charge is -2.16. The zero-order chi connectivity index (χ0) is 19.4. The van der Waals surface area contributed by atoms with E-state index in [0.29, 0.717) is 33.0 Å². The van der Waals surface area contributed by atoms with Gasteiger partial charge in [-0.3, -0.25) is 0 Å². The van der Waals surface area contributed by atoms with Crippen LogP contribution in [0.4, 0.5) is 0 Å². The highest BCUT2D eigenvalue weighted by Gasteiger charge is 2.19. The van der Waals surface area contributed by atoms with Gasteiger partial charge in [0.25, 0.3) is 0 Å². The summed E-state index contributed by atoms with van der Waals surface area (Å²) in [7, 11) is 0. The summed E-state index contributed by atoms with van der Waals surface area (Å²) < 4.78 is 0. The third-order valence-electron chi connectivity index (χ3n) is 5.38. The van der Waals surface area contributed by atoms with Gasteiger partial charge in [0.15, 0.2) is 0 Å². The quantitative estimate of drug-likeness (QED) is 0.282. The standard InChI is InChI=1S/C24H8N4/c25-9-13-1-5-17-18-6-3-15(11-27)22-16(12-28)4-8-20(24(18)22)19-7-2-14(10-26)21(13)23(17)19/h1-8H. The Kier molecular flexibility index (Phi) is 3.02. The second-order valence-electron chi connectivity index (χ2n) is 6.59. The fraction of sp³-hybridized carbons (Fsp3) is 0. The molecule has 28 heavy (non-hydrogen) atoms. The molecule has 4 nitrogen and oxygen atoms in total. The highest BCUT2D eigenvalue weighted by Crippen LogP contribution is 2.43. The van der Waals surface area contributed by atoms with E-state index in [9.17, 15) is 21.0 Å². The molecule has 0 saturated heterocycles. The van der Waals surface area contributed by atoms with Crippen LogP contribution >= 0.6 is 0 Å². The molecule has 0 saturated carbocycles. The number of fused-ring (bicyclic) bond motifs is 2. The maximum Gasteiger partial charge on any atom is 0.0998 e. The van der Waals surface area contributed by atoms with E-state index < -0.39 is 0 Å². The summed E-state index contributed by atoms with van der Waals surface area (Å²) in [6, 6.07) is 23.2. The van der Waals surface area contributed by atoms with Crippen LogP contribution in [-0.2, 0) is 0 Å². The van der Waals surface area contributed by atoms with E-state index in [1.54, 1.807) is 24.3 Å². The third kappa shape index (κ3) is 1.74. The van der Waals surface area contributed by atoms with Crippen molar-refractivity contribution in [3.63, 3.8) is 0 Å². The normalized spacial score (nSPS) is 10.7. The Morgan fingerprint density at radius 2 is 0.607 bits per heavy atom. The van der Waals surface area contributed by atoms with Crippen molar-refractivity contribution in [3.8, 4) is 24.3 Å². The summed E-state index contributed by atoms with van der Waals surface area (Å²) in [5.74, 6) is 0. The van der Waals surface area contributed by atoms with Gasteiger partial charge in [0, 0.05) is 21.5 Å². The van der Waals surface area contributed by atoms with Crippen molar-refractivity contribution < 1.29 is 0 Å². The molecule has 0 heterocycles. The third-order valence-corrected chi connectivity index (χ3v) is 5.38. The van der Waals surface area contributed by atoms with Crippen LogP contribution in [0.25, 0.3) is 43.1 Å². The van der Waals surface area contributed by atoms with Gasteiger partial charge in [-0.2, -0.15) is 21.0 Å². The Labute approximate surface area is 159 Å². The SMILES string of the molecule is N#Cc1ccc2c3ccc(C#N)c4c(C#N)ccc(c5ccc(C#N)c1c25)c43. The van der Waals surface area contributed by atoms with Crippen LogP contribution in [-0.4, -0.2) is 0 Å². The lowest BCUT2D eigenvalue weighted by molar-refractivity contribution is 1.48. The molecule has 0 aliphatic carbocycles. The molecular formula is C24H8N4. The lowest BCUT2D eigenvalue weighted by atomic mass is 9.85. The van der Waals surface area contributed by atoms with Gasteiger partial charge in [0.2, 0.25) is 0 Å². The summed E-state index contributed by atoms with van der Waals surface area (Å²) in [5, 5.41) is 44.9. The molecule has 0 fully saturated rings. The lowest BCUT2D eigenvalue weighted by Crippen LogP contribution is -1.94. The number of rotatable bonds is 0. The summed E-state index contributed by atoms with van der Waals surface area (Å²) in [4.78, 5) is 0. The Bertz CT molecular complexity index is 1410. The van der Waals surface area contributed by atoms with Crippen LogP contribution in [0.3, 0.4) is 0 Å². The molecule has 0 aliphatic heterocycles. The molecular weight excluding hydrogens is 344 g/mol. The van der Waals surface area contributed by atoms with Crippen LogP contribution in [0.5, 0.6) is 0 Å². The largest absolute Gasteiger partial charge is 0.192 e. The monoisotopic (exact) mass is 352 g/mol. The van der Waals surface area contributed by atoms with Crippen LogP contribution in [0, 0.1) is 45.3 Å². The molecule has 5 rings (SSSR count).